The van der Waals surface area contributed by atoms with Crippen molar-refractivity contribution in [2.24, 2.45) is 11.8 Å². The largest absolute Gasteiger partial charge is 0.344 e. The van der Waals surface area contributed by atoms with Gasteiger partial charge < -0.3 is 20.4 Å². The second kappa shape index (κ2) is 12.1. The lowest BCUT2D eigenvalue weighted by Gasteiger charge is -2.51. The van der Waals surface area contributed by atoms with Gasteiger partial charge in [-0.3, -0.25) is 19.2 Å². The Bertz CT molecular complexity index is 1260. The number of fused-ring (bicyclic) bond motifs is 4. The Balaban J connectivity index is 1.30. The molecule has 214 valence electrons. The lowest BCUT2D eigenvalue weighted by molar-refractivity contribution is -0.145. The van der Waals surface area contributed by atoms with Crippen LogP contribution in [-0.2, 0) is 20.8 Å². The summed E-state index contributed by atoms with van der Waals surface area (Å²) >= 11 is 1.43. The number of aryl methyl sites for hydroxylation is 3. The number of rotatable bonds is 4. The molecule has 0 saturated carbocycles. The van der Waals surface area contributed by atoms with Gasteiger partial charge in [-0.1, -0.05) is 30.3 Å². The van der Waals surface area contributed by atoms with E-state index in [2.05, 4.69) is 15.6 Å². The molecule has 2 aromatic rings. The summed E-state index contributed by atoms with van der Waals surface area (Å²) in [6, 6.07) is 8.38. The molecule has 0 aliphatic carbocycles. The Morgan fingerprint density at radius 3 is 2.58 bits per heavy atom. The predicted octanol–water partition coefficient (Wildman–Crippen LogP) is 2.86. The smallest absolute Gasteiger partial charge is 0.265 e. The van der Waals surface area contributed by atoms with Gasteiger partial charge >= 0.3 is 0 Å². The Morgan fingerprint density at radius 2 is 1.85 bits per heavy atom. The van der Waals surface area contributed by atoms with Gasteiger partial charge in [-0.25, -0.2) is 4.98 Å². The molecule has 0 unspecified atom stereocenters. The zero-order valence-electron chi connectivity index (χ0n) is 23.5. The number of amides is 4. The van der Waals surface area contributed by atoms with E-state index >= 15 is 0 Å². The number of aromatic nitrogens is 1. The van der Waals surface area contributed by atoms with E-state index in [1.165, 1.54) is 11.3 Å². The minimum atomic E-state index is -0.704. The molecular formula is C30H39N5O4S. The number of nitrogens with one attached hydrogen (secondary N) is 2. The summed E-state index contributed by atoms with van der Waals surface area (Å²) in [5.41, 5.74) is 1.86. The first-order chi connectivity index (χ1) is 19.2. The molecule has 5 rings (SSSR count). The Kier molecular flexibility index (Phi) is 8.54. The normalized spacial score (nSPS) is 27.7. The zero-order chi connectivity index (χ0) is 28.4. The predicted molar refractivity (Wildman–Crippen MR) is 153 cm³/mol. The lowest BCUT2D eigenvalue weighted by Crippen LogP contribution is -2.63. The maximum Gasteiger partial charge on any atom is 0.265 e. The minimum absolute atomic E-state index is 0.0206. The Morgan fingerprint density at radius 1 is 1.07 bits per heavy atom. The number of thiazole rings is 1. The van der Waals surface area contributed by atoms with Crippen molar-refractivity contribution in [1.82, 2.24) is 25.4 Å². The van der Waals surface area contributed by atoms with Crippen LogP contribution in [0.25, 0.3) is 0 Å². The summed E-state index contributed by atoms with van der Waals surface area (Å²) in [6.07, 6.45) is 3.65. The van der Waals surface area contributed by atoms with Gasteiger partial charge in [0.05, 0.1) is 10.7 Å². The fraction of sp³-hybridized carbons (Fsp3) is 0.567. The van der Waals surface area contributed by atoms with E-state index in [-0.39, 0.29) is 41.5 Å². The van der Waals surface area contributed by atoms with Crippen LogP contribution < -0.4 is 10.6 Å². The maximum absolute atomic E-state index is 13.7. The van der Waals surface area contributed by atoms with Crippen LogP contribution >= 0.6 is 11.3 Å². The van der Waals surface area contributed by atoms with Crippen molar-refractivity contribution in [2.45, 2.75) is 77.4 Å². The topological polar surface area (TPSA) is 112 Å². The maximum atomic E-state index is 13.7. The van der Waals surface area contributed by atoms with Gasteiger partial charge in [0.25, 0.3) is 5.91 Å². The molecule has 10 heteroatoms. The summed E-state index contributed by atoms with van der Waals surface area (Å²) in [7, 11) is 0. The molecule has 5 atom stereocenters. The van der Waals surface area contributed by atoms with Gasteiger partial charge in [0.15, 0.2) is 0 Å². The van der Waals surface area contributed by atoms with Crippen LogP contribution in [0.5, 0.6) is 0 Å². The lowest BCUT2D eigenvalue weighted by atomic mass is 9.77. The first kappa shape index (κ1) is 28.3. The molecule has 3 saturated heterocycles. The highest BCUT2D eigenvalue weighted by molar-refractivity contribution is 7.13. The second-order valence-electron chi connectivity index (χ2n) is 11.5. The van der Waals surface area contributed by atoms with E-state index in [0.717, 1.165) is 22.7 Å². The van der Waals surface area contributed by atoms with Crippen LogP contribution in [0.2, 0.25) is 0 Å². The molecule has 40 heavy (non-hydrogen) atoms. The summed E-state index contributed by atoms with van der Waals surface area (Å²) in [5.74, 6) is -0.240. The number of hydrogen-bond acceptors (Lipinski definition) is 6. The van der Waals surface area contributed by atoms with Gasteiger partial charge in [-0.05, 0) is 70.3 Å². The molecule has 1 aromatic carbocycles. The molecule has 2 N–H and O–H groups in total. The number of carbonyl (C=O) groups is 4. The van der Waals surface area contributed by atoms with E-state index in [1.54, 1.807) is 6.92 Å². The van der Waals surface area contributed by atoms with Crippen molar-refractivity contribution in [3.8, 4) is 0 Å². The molecule has 0 spiro atoms. The molecule has 0 radical (unpaired) electrons. The van der Waals surface area contributed by atoms with Crippen molar-refractivity contribution in [3.63, 3.8) is 0 Å². The van der Waals surface area contributed by atoms with Crippen LogP contribution in [0, 0.1) is 25.7 Å². The quantitative estimate of drug-likeness (QED) is 0.592. The molecule has 3 aliphatic heterocycles. The fourth-order valence-electron chi connectivity index (χ4n) is 6.60. The van der Waals surface area contributed by atoms with Crippen LogP contribution in [0.3, 0.4) is 0 Å². The summed E-state index contributed by atoms with van der Waals surface area (Å²) in [4.78, 5) is 62.3. The SMILES string of the molecule is Cc1nc(C)c(C(=O)N2C[C@@H]3C[C@H](C2)[C@@H]2CCCC(=O)N[C@@H](CCc4ccccc4)C(=O)N[C@H](C)C(=O)N2C3)s1. The molecule has 1 aromatic heterocycles. The summed E-state index contributed by atoms with van der Waals surface area (Å²) in [5, 5.41) is 6.70. The van der Waals surface area contributed by atoms with E-state index in [4.69, 9.17) is 0 Å². The fourth-order valence-corrected chi connectivity index (χ4v) is 7.48. The van der Waals surface area contributed by atoms with Crippen molar-refractivity contribution in [3.05, 3.63) is 51.5 Å². The Hall–Kier alpha value is -3.27. The second-order valence-corrected chi connectivity index (χ2v) is 12.7. The first-order valence-electron chi connectivity index (χ1n) is 14.4. The van der Waals surface area contributed by atoms with Gasteiger partial charge in [-0.15, -0.1) is 11.3 Å². The number of piperidine rings is 2. The van der Waals surface area contributed by atoms with Crippen molar-refractivity contribution in [1.29, 1.82) is 0 Å². The highest BCUT2D eigenvalue weighted by atomic mass is 32.1. The first-order valence-corrected chi connectivity index (χ1v) is 15.2. The van der Waals surface area contributed by atoms with Crippen LogP contribution in [0.1, 0.15) is 65.0 Å². The third-order valence-corrected chi connectivity index (χ3v) is 9.55. The number of nitrogens with zero attached hydrogens (tertiary/aromatic N) is 3. The zero-order valence-corrected chi connectivity index (χ0v) is 24.3. The van der Waals surface area contributed by atoms with E-state index < -0.39 is 12.1 Å². The average molecular weight is 566 g/mol. The molecule has 4 heterocycles. The van der Waals surface area contributed by atoms with Gasteiger partial charge in [0, 0.05) is 32.1 Å². The van der Waals surface area contributed by atoms with Crippen molar-refractivity contribution in [2.75, 3.05) is 19.6 Å². The third kappa shape index (κ3) is 6.22. The molecule has 2 bridgehead atoms. The number of carbonyl (C=O) groups excluding carboxylic acids is 4. The van der Waals surface area contributed by atoms with Crippen molar-refractivity contribution >= 4 is 35.0 Å². The molecule has 3 aliphatic rings. The highest BCUT2D eigenvalue weighted by Gasteiger charge is 2.45. The monoisotopic (exact) mass is 565 g/mol. The number of hydrogen-bond donors (Lipinski definition) is 2. The highest BCUT2D eigenvalue weighted by Crippen LogP contribution is 2.37. The molecule has 4 amide bonds. The van der Waals surface area contributed by atoms with Gasteiger partial charge in [0.2, 0.25) is 17.7 Å². The Labute approximate surface area is 239 Å². The molecular weight excluding hydrogens is 526 g/mol. The number of benzene rings is 1. The van der Waals surface area contributed by atoms with E-state index in [9.17, 15) is 19.2 Å². The third-order valence-electron chi connectivity index (χ3n) is 8.49. The summed E-state index contributed by atoms with van der Waals surface area (Å²) in [6.45, 7) is 7.25. The molecule has 3 fully saturated rings. The van der Waals surface area contributed by atoms with Crippen LogP contribution in [0.4, 0.5) is 0 Å². The summed E-state index contributed by atoms with van der Waals surface area (Å²) < 4.78 is 0. The average Bonchev–Trinajstić information content (AvgIpc) is 3.28. The van der Waals surface area contributed by atoms with Gasteiger partial charge in [0.1, 0.15) is 17.0 Å². The van der Waals surface area contributed by atoms with Gasteiger partial charge in [-0.2, -0.15) is 0 Å². The minimum Gasteiger partial charge on any atom is -0.344 e. The number of likely N-dealkylation sites (tertiary alicyclic amines) is 1. The molecule has 9 nitrogen and oxygen atoms in total. The van der Waals surface area contributed by atoms with E-state index in [0.29, 0.717) is 56.6 Å². The van der Waals surface area contributed by atoms with Crippen LogP contribution in [-0.4, -0.2) is 76.2 Å². The van der Waals surface area contributed by atoms with Crippen molar-refractivity contribution < 1.29 is 19.2 Å². The standard InChI is InChI=1S/C30H39N5O4S/c1-18-27(40-20(3)31-18)30(39)34-15-22-14-23(17-34)25-10-7-11-26(36)33-24(13-12-21-8-5-4-6-9-21)28(37)32-19(2)29(38)35(25)16-22/h4-6,8-9,19,22-25H,7,10-17H2,1-3H3,(H,32,37)(H,33,36)/t19-,22+,23-,24+,25+/m1/s1. The van der Waals surface area contributed by atoms with Crippen LogP contribution in [0.15, 0.2) is 30.3 Å². The van der Waals surface area contributed by atoms with E-state index in [1.807, 2.05) is 54.0 Å².